The third-order valence-corrected chi connectivity index (χ3v) is 2.69. The molecule has 0 amide bonds. The first-order chi connectivity index (χ1) is 9.58. The second-order valence-corrected chi connectivity index (χ2v) is 4.58. The van der Waals surface area contributed by atoms with E-state index in [9.17, 15) is 31.1 Å². The third-order valence-electron chi connectivity index (χ3n) is 2.69. The normalized spacial score (nSPS) is 13.8. The minimum atomic E-state index is -4.22. The van der Waals surface area contributed by atoms with Crippen molar-refractivity contribution in [3.8, 4) is 0 Å². The molecule has 0 aromatic rings. The average molecular weight is 320 g/mol. The van der Waals surface area contributed by atoms with Crippen molar-refractivity contribution in [2.24, 2.45) is 0 Å². The summed E-state index contributed by atoms with van der Waals surface area (Å²) in [5.41, 5.74) is 0. The Bertz CT molecular complexity index is 327. The van der Waals surface area contributed by atoms with Crippen molar-refractivity contribution in [1.82, 2.24) is 0 Å². The van der Waals surface area contributed by atoms with E-state index in [-0.39, 0.29) is 12.8 Å². The first-order valence-electron chi connectivity index (χ1n) is 6.52. The summed E-state index contributed by atoms with van der Waals surface area (Å²) in [7, 11) is 0. The lowest BCUT2D eigenvalue weighted by Gasteiger charge is -2.19. The standard InChI is InChI=1S/C13H18F6O2/c1-2-11(20)21-13(18,19)10(14)8-6-4-3-5-7-9-12(15,16)17/h2,10H,1,3-9H2. The highest BCUT2D eigenvalue weighted by Gasteiger charge is 2.43. The van der Waals surface area contributed by atoms with Gasteiger partial charge in [0.05, 0.1) is 0 Å². The molecule has 0 saturated heterocycles. The Hall–Kier alpha value is -1.21. The second-order valence-electron chi connectivity index (χ2n) is 4.58. The summed E-state index contributed by atoms with van der Waals surface area (Å²) in [4.78, 5) is 10.6. The molecule has 0 fully saturated rings. The van der Waals surface area contributed by atoms with Gasteiger partial charge in [0, 0.05) is 12.5 Å². The van der Waals surface area contributed by atoms with Gasteiger partial charge in [0.2, 0.25) is 6.17 Å². The van der Waals surface area contributed by atoms with Crippen molar-refractivity contribution >= 4 is 5.97 Å². The lowest BCUT2D eigenvalue weighted by Crippen LogP contribution is -2.35. The Balaban J connectivity index is 3.76. The molecule has 1 atom stereocenters. The van der Waals surface area contributed by atoms with Gasteiger partial charge >= 0.3 is 18.3 Å². The molecule has 0 saturated carbocycles. The highest BCUT2D eigenvalue weighted by Crippen LogP contribution is 2.28. The molecule has 21 heavy (non-hydrogen) atoms. The van der Waals surface area contributed by atoms with Crippen LogP contribution < -0.4 is 0 Å². The van der Waals surface area contributed by atoms with Crippen LogP contribution >= 0.6 is 0 Å². The Kier molecular flexibility index (Phi) is 8.43. The molecule has 0 aliphatic rings. The number of unbranched alkanes of at least 4 members (excludes halogenated alkanes) is 4. The lowest BCUT2D eigenvalue weighted by molar-refractivity contribution is -0.258. The molecule has 124 valence electrons. The summed E-state index contributed by atoms with van der Waals surface area (Å²) in [5.74, 6) is -1.42. The number of alkyl halides is 6. The Morgan fingerprint density at radius 2 is 1.57 bits per heavy atom. The van der Waals surface area contributed by atoms with E-state index in [1.807, 2.05) is 0 Å². The van der Waals surface area contributed by atoms with E-state index in [1.165, 1.54) is 0 Å². The summed E-state index contributed by atoms with van der Waals surface area (Å²) >= 11 is 0. The van der Waals surface area contributed by atoms with Gasteiger partial charge in [0.15, 0.2) is 0 Å². The van der Waals surface area contributed by atoms with Crippen molar-refractivity contribution in [2.75, 3.05) is 0 Å². The number of ether oxygens (including phenoxy) is 1. The van der Waals surface area contributed by atoms with Crippen molar-refractivity contribution in [2.45, 2.75) is 63.4 Å². The fourth-order valence-corrected chi connectivity index (χ4v) is 1.59. The molecule has 0 N–H and O–H groups in total. The van der Waals surface area contributed by atoms with E-state index in [2.05, 4.69) is 11.3 Å². The highest BCUT2D eigenvalue weighted by atomic mass is 19.4. The monoisotopic (exact) mass is 320 g/mol. The zero-order chi connectivity index (χ0) is 16.5. The summed E-state index contributed by atoms with van der Waals surface area (Å²) in [6, 6.07) is 0. The number of esters is 1. The van der Waals surface area contributed by atoms with Gasteiger partial charge in [0.25, 0.3) is 0 Å². The molecule has 0 radical (unpaired) electrons. The topological polar surface area (TPSA) is 26.3 Å². The van der Waals surface area contributed by atoms with Crippen LogP contribution in [0.5, 0.6) is 0 Å². The predicted molar refractivity (Wildman–Crippen MR) is 64.5 cm³/mol. The van der Waals surface area contributed by atoms with E-state index < -0.39 is 37.3 Å². The van der Waals surface area contributed by atoms with Gasteiger partial charge < -0.3 is 4.74 Å². The van der Waals surface area contributed by atoms with Crippen LogP contribution in [-0.2, 0) is 9.53 Å². The first-order valence-corrected chi connectivity index (χ1v) is 6.52. The van der Waals surface area contributed by atoms with E-state index in [0.717, 1.165) is 0 Å². The van der Waals surface area contributed by atoms with Gasteiger partial charge in [-0.3, -0.25) is 0 Å². The summed E-state index contributed by atoms with van der Waals surface area (Å²) in [5, 5.41) is 0. The van der Waals surface area contributed by atoms with Crippen LogP contribution in [0.25, 0.3) is 0 Å². The fraction of sp³-hybridized carbons (Fsp3) is 0.769. The van der Waals surface area contributed by atoms with Crippen LogP contribution in [0.4, 0.5) is 26.3 Å². The zero-order valence-electron chi connectivity index (χ0n) is 11.4. The number of hydrogen-bond donors (Lipinski definition) is 0. The molecular weight excluding hydrogens is 302 g/mol. The van der Waals surface area contributed by atoms with Crippen LogP contribution in [0, 0.1) is 0 Å². The predicted octanol–water partition coefficient (Wildman–Crippen LogP) is 4.94. The molecule has 0 heterocycles. The second kappa shape index (κ2) is 8.94. The molecule has 0 rings (SSSR count). The first kappa shape index (κ1) is 19.8. The van der Waals surface area contributed by atoms with Gasteiger partial charge in [-0.2, -0.15) is 22.0 Å². The Morgan fingerprint density at radius 3 is 2.10 bits per heavy atom. The van der Waals surface area contributed by atoms with Crippen LogP contribution in [-0.4, -0.2) is 24.4 Å². The Labute approximate surface area is 119 Å². The van der Waals surface area contributed by atoms with Crippen LogP contribution in [0.3, 0.4) is 0 Å². The fourth-order valence-electron chi connectivity index (χ4n) is 1.59. The quantitative estimate of drug-likeness (QED) is 0.247. The van der Waals surface area contributed by atoms with E-state index >= 15 is 0 Å². The number of rotatable bonds is 10. The Morgan fingerprint density at radius 1 is 1.05 bits per heavy atom. The highest BCUT2D eigenvalue weighted by molar-refractivity contribution is 5.81. The van der Waals surface area contributed by atoms with E-state index in [1.54, 1.807) is 0 Å². The number of carbonyl (C=O) groups is 1. The zero-order valence-corrected chi connectivity index (χ0v) is 11.4. The SMILES string of the molecule is C=CC(=O)OC(F)(F)C(F)CCCCCCCC(F)(F)F. The number of hydrogen-bond acceptors (Lipinski definition) is 2. The molecule has 8 heteroatoms. The van der Waals surface area contributed by atoms with Crippen LogP contribution in [0.2, 0.25) is 0 Å². The minimum absolute atomic E-state index is 0.0321. The van der Waals surface area contributed by atoms with Gasteiger partial charge in [-0.15, -0.1) is 0 Å². The maximum absolute atomic E-state index is 13.2. The molecule has 0 spiro atoms. The lowest BCUT2D eigenvalue weighted by atomic mass is 10.1. The van der Waals surface area contributed by atoms with Gasteiger partial charge in [0.1, 0.15) is 0 Å². The summed E-state index contributed by atoms with van der Waals surface area (Å²) in [6.45, 7) is 2.91. The smallest absolute Gasteiger partial charge is 0.395 e. The number of carbonyl (C=O) groups excluding carboxylic acids is 1. The largest absolute Gasteiger partial charge is 0.432 e. The summed E-state index contributed by atoms with van der Waals surface area (Å²) < 4.78 is 78.3. The maximum Gasteiger partial charge on any atom is 0.432 e. The van der Waals surface area contributed by atoms with Crippen molar-refractivity contribution < 1.29 is 35.9 Å². The van der Waals surface area contributed by atoms with Crippen molar-refractivity contribution in [3.05, 3.63) is 12.7 Å². The molecule has 0 bridgehead atoms. The van der Waals surface area contributed by atoms with E-state index in [4.69, 9.17) is 0 Å². The molecule has 0 aliphatic heterocycles. The van der Waals surface area contributed by atoms with Crippen molar-refractivity contribution in [1.29, 1.82) is 0 Å². The van der Waals surface area contributed by atoms with Crippen molar-refractivity contribution in [3.63, 3.8) is 0 Å². The molecule has 0 aromatic heterocycles. The molecule has 0 aliphatic carbocycles. The van der Waals surface area contributed by atoms with Gasteiger partial charge in [-0.1, -0.05) is 32.3 Å². The van der Waals surface area contributed by atoms with Crippen LogP contribution in [0.1, 0.15) is 44.9 Å². The molecule has 1 unspecified atom stereocenters. The molecular formula is C13H18F6O2. The molecule has 0 aromatic carbocycles. The number of halogens is 6. The van der Waals surface area contributed by atoms with Crippen LogP contribution in [0.15, 0.2) is 12.7 Å². The molecule has 2 nitrogen and oxygen atoms in total. The average Bonchev–Trinajstić information content (AvgIpc) is 2.35. The summed E-state index contributed by atoms with van der Waals surface area (Å²) in [6.07, 6.45) is -10.9. The van der Waals surface area contributed by atoms with Gasteiger partial charge in [-0.05, 0) is 12.8 Å². The third kappa shape index (κ3) is 10.2. The van der Waals surface area contributed by atoms with E-state index in [0.29, 0.717) is 25.3 Å². The van der Waals surface area contributed by atoms with Gasteiger partial charge in [-0.25, -0.2) is 9.18 Å². The maximum atomic E-state index is 13.2. The minimum Gasteiger partial charge on any atom is -0.395 e.